The molecule has 2 heterocycles. The summed E-state index contributed by atoms with van der Waals surface area (Å²) in [5.41, 5.74) is 6.01. The normalized spacial score (nSPS) is 12.3. The number of hydrogen-bond donors (Lipinski definition) is 2. The molecule has 0 saturated carbocycles. The molecule has 3 rings (SSSR count). The largest absolute Gasteiger partial charge is 0.340 e. The van der Waals surface area contributed by atoms with Gasteiger partial charge in [0, 0.05) is 24.9 Å². The van der Waals surface area contributed by atoms with Crippen molar-refractivity contribution in [3.63, 3.8) is 0 Å². The fourth-order valence-corrected chi connectivity index (χ4v) is 3.64. The Hall–Kier alpha value is -2.41. The summed E-state index contributed by atoms with van der Waals surface area (Å²) in [4.78, 5) is 27.7. The molecule has 2 amide bonds. The van der Waals surface area contributed by atoms with E-state index in [1.165, 1.54) is 10.4 Å². The van der Waals surface area contributed by atoms with Gasteiger partial charge < -0.3 is 15.2 Å². The van der Waals surface area contributed by atoms with Crippen LogP contribution in [0.2, 0.25) is 0 Å². The van der Waals surface area contributed by atoms with Crippen LogP contribution in [0, 0.1) is 13.8 Å². The van der Waals surface area contributed by atoms with Crippen molar-refractivity contribution < 1.29 is 4.79 Å². The molecule has 138 valence electrons. The molecule has 1 atom stereocenters. The van der Waals surface area contributed by atoms with Gasteiger partial charge >= 0.3 is 6.03 Å². The molecule has 0 radical (unpaired) electrons. The number of nitrogens with one attached hydrogen (secondary N) is 2. The summed E-state index contributed by atoms with van der Waals surface area (Å²) in [7, 11) is 1.82. The van der Waals surface area contributed by atoms with E-state index in [1.807, 2.05) is 38.5 Å². The van der Waals surface area contributed by atoms with Crippen LogP contribution in [0.5, 0.6) is 0 Å². The molecular formula is C19H25N5OS. The number of aromatic amines is 1. The molecule has 0 bridgehead atoms. The number of likely N-dealkylation sites (N-methyl/N-ethyl adjacent to an activating group) is 1. The molecule has 0 aliphatic heterocycles. The van der Waals surface area contributed by atoms with Crippen molar-refractivity contribution in [3.8, 4) is 0 Å². The summed E-state index contributed by atoms with van der Waals surface area (Å²) in [6, 6.07) is 5.90. The van der Waals surface area contributed by atoms with E-state index in [1.54, 1.807) is 16.2 Å². The highest BCUT2D eigenvalue weighted by molar-refractivity contribution is 7.09. The first-order valence-electron chi connectivity index (χ1n) is 8.84. The van der Waals surface area contributed by atoms with Crippen LogP contribution < -0.4 is 5.32 Å². The van der Waals surface area contributed by atoms with Crippen LogP contribution in [-0.2, 0) is 6.42 Å². The highest BCUT2D eigenvalue weighted by Crippen LogP contribution is 2.20. The lowest BCUT2D eigenvalue weighted by molar-refractivity contribution is 0.204. The Morgan fingerprint density at radius 3 is 2.88 bits per heavy atom. The van der Waals surface area contributed by atoms with Gasteiger partial charge in [-0.05, 0) is 38.0 Å². The van der Waals surface area contributed by atoms with Gasteiger partial charge in [-0.1, -0.05) is 13.0 Å². The third kappa shape index (κ3) is 4.04. The van der Waals surface area contributed by atoms with E-state index in [2.05, 4.69) is 33.3 Å². The first kappa shape index (κ1) is 18.4. The molecule has 1 aromatic carbocycles. The number of carbonyl (C=O) groups is 1. The van der Waals surface area contributed by atoms with Gasteiger partial charge in [0.05, 0.1) is 28.3 Å². The third-order valence-electron chi connectivity index (χ3n) is 4.56. The molecule has 0 aliphatic rings. The summed E-state index contributed by atoms with van der Waals surface area (Å²) >= 11 is 1.64. The maximum Gasteiger partial charge on any atom is 0.317 e. The van der Waals surface area contributed by atoms with Crippen molar-refractivity contribution >= 4 is 28.4 Å². The van der Waals surface area contributed by atoms with E-state index < -0.39 is 0 Å². The van der Waals surface area contributed by atoms with Crippen LogP contribution in [0.15, 0.2) is 23.7 Å². The molecule has 0 fully saturated rings. The number of aryl methyl sites for hydroxylation is 2. The number of hydrogen-bond acceptors (Lipinski definition) is 4. The Bertz CT molecular complexity index is 900. The van der Waals surface area contributed by atoms with Crippen LogP contribution in [0.4, 0.5) is 4.79 Å². The maximum absolute atomic E-state index is 12.6. The molecule has 0 spiro atoms. The first-order chi connectivity index (χ1) is 12.5. The molecule has 6 nitrogen and oxygen atoms in total. The van der Waals surface area contributed by atoms with Gasteiger partial charge in [-0.25, -0.2) is 14.8 Å². The topological polar surface area (TPSA) is 73.9 Å². The molecule has 3 aromatic rings. The summed E-state index contributed by atoms with van der Waals surface area (Å²) in [5, 5.41) is 3.08. The lowest BCUT2D eigenvalue weighted by Gasteiger charge is -2.21. The number of aromatic nitrogens is 3. The van der Waals surface area contributed by atoms with Crippen molar-refractivity contribution in [2.45, 2.75) is 39.7 Å². The Labute approximate surface area is 157 Å². The monoisotopic (exact) mass is 371 g/mol. The molecule has 26 heavy (non-hydrogen) atoms. The second kappa shape index (κ2) is 7.86. The first-order valence-corrected chi connectivity index (χ1v) is 9.72. The summed E-state index contributed by atoms with van der Waals surface area (Å²) < 4.78 is 0. The van der Waals surface area contributed by atoms with E-state index >= 15 is 0 Å². The average Bonchev–Trinajstić information content (AvgIpc) is 3.22. The zero-order valence-corrected chi connectivity index (χ0v) is 16.5. The second-order valence-electron chi connectivity index (χ2n) is 6.59. The van der Waals surface area contributed by atoms with Gasteiger partial charge in [-0.3, -0.25) is 0 Å². The highest BCUT2D eigenvalue weighted by Gasteiger charge is 2.19. The van der Waals surface area contributed by atoms with Gasteiger partial charge in [0.1, 0.15) is 5.82 Å². The van der Waals surface area contributed by atoms with Gasteiger partial charge in [-0.15, -0.1) is 11.3 Å². The van der Waals surface area contributed by atoms with Crippen molar-refractivity contribution in [1.82, 2.24) is 25.2 Å². The Morgan fingerprint density at radius 2 is 2.19 bits per heavy atom. The van der Waals surface area contributed by atoms with Crippen LogP contribution in [0.3, 0.4) is 0 Å². The van der Waals surface area contributed by atoms with E-state index in [4.69, 9.17) is 0 Å². The zero-order chi connectivity index (χ0) is 18.7. The van der Waals surface area contributed by atoms with Crippen LogP contribution in [0.25, 0.3) is 11.0 Å². The number of fused-ring (bicyclic) bond motifs is 1. The number of imidazole rings is 1. The predicted octanol–water partition coefficient (Wildman–Crippen LogP) is 3.97. The van der Waals surface area contributed by atoms with E-state index in [0.717, 1.165) is 35.4 Å². The highest BCUT2D eigenvalue weighted by atomic mass is 32.1. The second-order valence-corrected chi connectivity index (χ2v) is 7.52. The number of thiazole rings is 1. The minimum Gasteiger partial charge on any atom is -0.340 e. The molecule has 2 aromatic heterocycles. The SMILES string of the molecule is CCC(NC(=O)N(C)CCc1scnc1C)c1nc2ccc(C)cc2[nH]1. The van der Waals surface area contributed by atoms with E-state index in [9.17, 15) is 4.79 Å². The minimum absolute atomic E-state index is 0.0874. The number of H-pyrrole nitrogens is 1. The standard InChI is InChI=1S/C19H25N5OS/c1-5-14(18-21-15-7-6-12(2)10-16(15)22-18)23-19(25)24(4)9-8-17-13(3)20-11-26-17/h6-7,10-11,14H,5,8-9H2,1-4H3,(H,21,22)(H,23,25). The Balaban J connectivity index is 1.64. The predicted molar refractivity (Wildman–Crippen MR) is 106 cm³/mol. The van der Waals surface area contributed by atoms with Crippen molar-refractivity contribution in [1.29, 1.82) is 0 Å². The number of benzene rings is 1. The van der Waals surface area contributed by atoms with Crippen molar-refractivity contribution in [3.05, 3.63) is 45.7 Å². The van der Waals surface area contributed by atoms with E-state index in [0.29, 0.717) is 6.54 Å². The number of rotatable bonds is 6. The molecule has 0 saturated heterocycles. The van der Waals surface area contributed by atoms with Crippen molar-refractivity contribution in [2.24, 2.45) is 0 Å². The summed E-state index contributed by atoms with van der Waals surface area (Å²) in [5.74, 6) is 0.799. The quantitative estimate of drug-likeness (QED) is 0.688. The number of nitrogens with zero attached hydrogens (tertiary/aromatic N) is 3. The number of amides is 2. The number of carbonyl (C=O) groups excluding carboxylic acids is 1. The Morgan fingerprint density at radius 1 is 1.38 bits per heavy atom. The third-order valence-corrected chi connectivity index (χ3v) is 5.55. The van der Waals surface area contributed by atoms with Crippen LogP contribution in [0.1, 0.15) is 41.3 Å². The zero-order valence-electron chi connectivity index (χ0n) is 15.7. The average molecular weight is 372 g/mol. The van der Waals surface area contributed by atoms with Crippen LogP contribution >= 0.6 is 11.3 Å². The van der Waals surface area contributed by atoms with Gasteiger partial charge in [-0.2, -0.15) is 0 Å². The fraction of sp³-hybridized carbons (Fsp3) is 0.421. The smallest absolute Gasteiger partial charge is 0.317 e. The van der Waals surface area contributed by atoms with Crippen LogP contribution in [-0.4, -0.2) is 39.5 Å². The van der Waals surface area contributed by atoms with Gasteiger partial charge in [0.2, 0.25) is 0 Å². The van der Waals surface area contributed by atoms with Gasteiger partial charge in [0.25, 0.3) is 0 Å². The lowest BCUT2D eigenvalue weighted by Crippen LogP contribution is -2.40. The molecule has 0 aliphatic carbocycles. The van der Waals surface area contributed by atoms with Crippen molar-refractivity contribution in [2.75, 3.05) is 13.6 Å². The maximum atomic E-state index is 12.6. The van der Waals surface area contributed by atoms with Gasteiger partial charge in [0.15, 0.2) is 0 Å². The molecule has 1 unspecified atom stereocenters. The van der Waals surface area contributed by atoms with E-state index in [-0.39, 0.29) is 12.1 Å². The number of urea groups is 1. The minimum atomic E-state index is -0.136. The molecule has 2 N–H and O–H groups in total. The summed E-state index contributed by atoms with van der Waals surface area (Å²) in [6.07, 6.45) is 1.59. The lowest BCUT2D eigenvalue weighted by atomic mass is 10.2. The summed E-state index contributed by atoms with van der Waals surface area (Å²) in [6.45, 7) is 6.76. The fourth-order valence-electron chi connectivity index (χ4n) is 2.87. The molecular weight excluding hydrogens is 346 g/mol. The Kier molecular flexibility index (Phi) is 5.56. The molecule has 7 heteroatoms.